The van der Waals surface area contributed by atoms with Crippen LogP contribution in [0.5, 0.6) is 0 Å². The zero-order chi connectivity index (χ0) is 20.2. The first-order valence-corrected chi connectivity index (χ1v) is 10.0. The van der Waals surface area contributed by atoms with Crippen LogP contribution in [0.15, 0.2) is 60.2 Å². The topological polar surface area (TPSA) is 26.8 Å². The largest absolute Gasteiger partial charge is 0.366 e. The maximum absolute atomic E-state index is 14.0. The number of halogens is 2. The van der Waals surface area contributed by atoms with E-state index in [1.165, 1.54) is 12.1 Å². The van der Waals surface area contributed by atoms with Crippen LogP contribution in [0.2, 0.25) is 0 Å². The zero-order valence-electron chi connectivity index (χ0n) is 16.4. The summed E-state index contributed by atoms with van der Waals surface area (Å²) in [6.07, 6.45) is 2.69. The van der Waals surface area contributed by atoms with E-state index in [0.717, 1.165) is 17.7 Å². The standard InChI is InChI=1S/C23H25F2N3O/c24-20-5-3-4-18(16-20)17-26-10-8-19(9-11-26)23(29)28-14-12-27(13-15-28)22-7-2-1-6-21(22)25/h1-8,16H,9-15,17H2. The first-order valence-electron chi connectivity index (χ1n) is 10.0. The van der Waals surface area contributed by atoms with Crippen molar-refractivity contribution in [2.24, 2.45) is 0 Å². The van der Waals surface area contributed by atoms with Gasteiger partial charge in [-0.05, 0) is 36.2 Å². The molecule has 0 spiro atoms. The van der Waals surface area contributed by atoms with Crippen LogP contribution in [0, 0.1) is 11.6 Å². The molecule has 0 radical (unpaired) electrons. The van der Waals surface area contributed by atoms with Crippen molar-refractivity contribution in [3.05, 3.63) is 77.4 Å². The number of piperazine rings is 1. The lowest BCUT2D eigenvalue weighted by Gasteiger charge is -2.37. The lowest BCUT2D eigenvalue weighted by molar-refractivity contribution is -0.127. The predicted molar refractivity (Wildman–Crippen MR) is 110 cm³/mol. The molecule has 0 atom stereocenters. The maximum atomic E-state index is 14.0. The summed E-state index contributed by atoms with van der Waals surface area (Å²) >= 11 is 0. The van der Waals surface area contributed by atoms with Crippen molar-refractivity contribution in [2.45, 2.75) is 13.0 Å². The van der Waals surface area contributed by atoms with Crippen LogP contribution in [0.25, 0.3) is 0 Å². The van der Waals surface area contributed by atoms with Gasteiger partial charge in [-0.2, -0.15) is 0 Å². The quantitative estimate of drug-likeness (QED) is 0.791. The van der Waals surface area contributed by atoms with Crippen LogP contribution in [-0.2, 0) is 11.3 Å². The van der Waals surface area contributed by atoms with Gasteiger partial charge in [-0.1, -0.05) is 30.3 Å². The third-order valence-corrected chi connectivity index (χ3v) is 5.62. The molecule has 1 fully saturated rings. The lowest BCUT2D eigenvalue weighted by Crippen LogP contribution is -2.49. The highest BCUT2D eigenvalue weighted by molar-refractivity contribution is 5.93. The second kappa shape index (κ2) is 8.74. The van der Waals surface area contributed by atoms with Crippen molar-refractivity contribution in [2.75, 3.05) is 44.2 Å². The second-order valence-electron chi connectivity index (χ2n) is 7.58. The number of benzene rings is 2. The predicted octanol–water partition coefficient (Wildman–Crippen LogP) is 3.45. The summed E-state index contributed by atoms with van der Waals surface area (Å²) in [5.74, 6) is -0.357. The van der Waals surface area contributed by atoms with Gasteiger partial charge in [-0.25, -0.2) is 8.78 Å². The van der Waals surface area contributed by atoms with E-state index in [2.05, 4.69) is 4.90 Å². The molecule has 0 saturated carbocycles. The number of carbonyl (C=O) groups excluding carboxylic acids is 1. The van der Waals surface area contributed by atoms with Gasteiger partial charge in [0.1, 0.15) is 11.6 Å². The van der Waals surface area contributed by atoms with E-state index >= 15 is 0 Å². The molecule has 6 heteroatoms. The van der Waals surface area contributed by atoms with Crippen molar-refractivity contribution in [1.29, 1.82) is 0 Å². The molecule has 2 heterocycles. The number of rotatable bonds is 4. The van der Waals surface area contributed by atoms with Crippen LogP contribution in [0.1, 0.15) is 12.0 Å². The molecule has 4 nitrogen and oxygen atoms in total. The molecular weight excluding hydrogens is 372 g/mol. The molecule has 1 amide bonds. The second-order valence-corrected chi connectivity index (χ2v) is 7.58. The Bertz CT molecular complexity index is 907. The molecule has 4 rings (SSSR count). The SMILES string of the molecule is O=C(C1=CCN(Cc2cccc(F)c2)CC1)N1CCN(c2ccccc2F)CC1. The van der Waals surface area contributed by atoms with E-state index in [-0.39, 0.29) is 17.5 Å². The van der Waals surface area contributed by atoms with Crippen LogP contribution in [0.3, 0.4) is 0 Å². The van der Waals surface area contributed by atoms with Gasteiger partial charge in [-0.3, -0.25) is 9.69 Å². The number of hydrogen-bond acceptors (Lipinski definition) is 3. The highest BCUT2D eigenvalue weighted by atomic mass is 19.1. The fourth-order valence-corrected chi connectivity index (χ4v) is 4.00. The van der Waals surface area contributed by atoms with Gasteiger partial charge in [0, 0.05) is 51.4 Å². The molecule has 0 bridgehead atoms. The van der Waals surface area contributed by atoms with E-state index in [1.54, 1.807) is 24.3 Å². The Morgan fingerprint density at radius 1 is 0.931 bits per heavy atom. The highest BCUT2D eigenvalue weighted by Gasteiger charge is 2.26. The molecule has 2 aromatic carbocycles. The van der Waals surface area contributed by atoms with Crippen LogP contribution < -0.4 is 4.90 Å². The number of para-hydroxylation sites is 1. The number of hydrogen-bond donors (Lipinski definition) is 0. The summed E-state index contributed by atoms with van der Waals surface area (Å²) in [5.41, 5.74) is 2.39. The van der Waals surface area contributed by atoms with E-state index in [4.69, 9.17) is 0 Å². The molecule has 0 unspecified atom stereocenters. The molecule has 2 aromatic rings. The van der Waals surface area contributed by atoms with Gasteiger partial charge >= 0.3 is 0 Å². The summed E-state index contributed by atoms with van der Waals surface area (Å²) < 4.78 is 27.3. The molecule has 0 aromatic heterocycles. The first-order chi connectivity index (χ1) is 14.1. The number of nitrogens with zero attached hydrogens (tertiary/aromatic N) is 3. The van der Waals surface area contributed by atoms with Crippen molar-refractivity contribution < 1.29 is 13.6 Å². The van der Waals surface area contributed by atoms with E-state index in [9.17, 15) is 13.6 Å². The Labute approximate surface area is 170 Å². The summed E-state index contributed by atoms with van der Waals surface area (Å²) in [6.45, 7) is 4.60. The van der Waals surface area contributed by atoms with Gasteiger partial charge in [0.15, 0.2) is 0 Å². The third-order valence-electron chi connectivity index (χ3n) is 5.62. The molecule has 1 saturated heterocycles. The normalized spacial score (nSPS) is 17.9. The molecule has 152 valence electrons. The van der Waals surface area contributed by atoms with Crippen LogP contribution >= 0.6 is 0 Å². The summed E-state index contributed by atoms with van der Waals surface area (Å²) in [7, 11) is 0. The monoisotopic (exact) mass is 397 g/mol. The number of anilines is 1. The number of amides is 1. The molecular formula is C23H25F2N3O. The number of carbonyl (C=O) groups is 1. The minimum Gasteiger partial charge on any atom is -0.366 e. The molecule has 2 aliphatic heterocycles. The van der Waals surface area contributed by atoms with Crippen LogP contribution in [0.4, 0.5) is 14.5 Å². The Hall–Kier alpha value is -2.73. The maximum Gasteiger partial charge on any atom is 0.249 e. The fraction of sp³-hybridized carbons (Fsp3) is 0.348. The van der Waals surface area contributed by atoms with Crippen molar-refractivity contribution in [1.82, 2.24) is 9.80 Å². The summed E-state index contributed by atoms with van der Waals surface area (Å²) in [4.78, 5) is 18.9. The third kappa shape index (κ3) is 4.65. The summed E-state index contributed by atoms with van der Waals surface area (Å²) in [5, 5.41) is 0. The van der Waals surface area contributed by atoms with E-state index < -0.39 is 0 Å². The summed E-state index contributed by atoms with van der Waals surface area (Å²) in [6, 6.07) is 13.4. The minimum atomic E-state index is -0.222. The fourth-order valence-electron chi connectivity index (χ4n) is 4.00. The van der Waals surface area contributed by atoms with Crippen molar-refractivity contribution in [3.8, 4) is 0 Å². The van der Waals surface area contributed by atoms with Crippen molar-refractivity contribution in [3.63, 3.8) is 0 Å². The highest BCUT2D eigenvalue weighted by Crippen LogP contribution is 2.22. The minimum absolute atomic E-state index is 0.0867. The Balaban J connectivity index is 1.30. The van der Waals surface area contributed by atoms with E-state index in [0.29, 0.717) is 51.4 Å². The van der Waals surface area contributed by atoms with E-state index in [1.807, 2.05) is 28.0 Å². The molecule has 2 aliphatic rings. The van der Waals surface area contributed by atoms with Gasteiger partial charge in [0.25, 0.3) is 0 Å². The molecule has 0 aliphatic carbocycles. The van der Waals surface area contributed by atoms with Gasteiger partial charge in [0.2, 0.25) is 5.91 Å². The van der Waals surface area contributed by atoms with Gasteiger partial charge in [0.05, 0.1) is 5.69 Å². The van der Waals surface area contributed by atoms with Crippen molar-refractivity contribution >= 4 is 11.6 Å². The first kappa shape index (κ1) is 19.6. The van der Waals surface area contributed by atoms with Gasteiger partial charge in [-0.15, -0.1) is 0 Å². The average Bonchev–Trinajstić information content (AvgIpc) is 2.74. The Morgan fingerprint density at radius 3 is 2.41 bits per heavy atom. The molecule has 0 N–H and O–H groups in total. The Kier molecular flexibility index (Phi) is 5.90. The zero-order valence-corrected chi connectivity index (χ0v) is 16.4. The lowest BCUT2D eigenvalue weighted by atomic mass is 10.1. The Morgan fingerprint density at radius 2 is 1.72 bits per heavy atom. The van der Waals surface area contributed by atoms with Gasteiger partial charge < -0.3 is 9.80 Å². The average molecular weight is 397 g/mol. The smallest absolute Gasteiger partial charge is 0.249 e. The van der Waals surface area contributed by atoms with Crippen LogP contribution in [-0.4, -0.2) is 55.0 Å². The molecule has 29 heavy (non-hydrogen) atoms.